The van der Waals surface area contributed by atoms with E-state index in [1.54, 1.807) is 6.92 Å². The predicted octanol–water partition coefficient (Wildman–Crippen LogP) is 1.07. The Kier molecular flexibility index (Phi) is 4.28. The van der Waals surface area contributed by atoms with Gasteiger partial charge in [-0.15, -0.1) is 0 Å². The van der Waals surface area contributed by atoms with Gasteiger partial charge in [0.25, 0.3) is 0 Å². The largest absolute Gasteiger partial charge is 0.495 e. The number of pyridine rings is 1. The highest BCUT2D eigenvalue weighted by Crippen LogP contribution is 2.21. The lowest BCUT2D eigenvalue weighted by atomic mass is 10.1. The fourth-order valence-electron chi connectivity index (χ4n) is 1.28. The number of methoxy groups -OCH3 is 1. The minimum atomic E-state index is -0.386. The summed E-state index contributed by atoms with van der Waals surface area (Å²) in [5.41, 5.74) is 0.839. The molecule has 0 fully saturated rings. The van der Waals surface area contributed by atoms with Gasteiger partial charge < -0.3 is 9.47 Å². The molecule has 0 bridgehead atoms. The molecule has 0 unspecified atom stereocenters. The topological polar surface area (TPSA) is 72.2 Å². The molecule has 0 aliphatic heterocycles. The van der Waals surface area contributed by atoms with E-state index >= 15 is 0 Å². The molecule has 16 heavy (non-hydrogen) atoms. The molecule has 0 atom stereocenters. The van der Waals surface area contributed by atoms with Gasteiger partial charge in [-0.25, -0.2) is 0 Å². The van der Waals surface area contributed by atoms with Crippen molar-refractivity contribution in [2.45, 2.75) is 13.3 Å². The molecular weight excluding hydrogens is 208 g/mol. The van der Waals surface area contributed by atoms with E-state index in [1.165, 1.54) is 19.5 Å². The van der Waals surface area contributed by atoms with E-state index in [0.717, 1.165) is 0 Å². The zero-order valence-electron chi connectivity index (χ0n) is 9.19. The van der Waals surface area contributed by atoms with E-state index in [9.17, 15) is 4.79 Å². The second-order valence-electron chi connectivity index (χ2n) is 2.96. The van der Waals surface area contributed by atoms with Crippen molar-refractivity contribution in [1.29, 1.82) is 5.26 Å². The fourth-order valence-corrected chi connectivity index (χ4v) is 1.28. The Morgan fingerprint density at radius 1 is 1.56 bits per heavy atom. The molecule has 0 aliphatic carbocycles. The molecular formula is C11H12N2O3. The summed E-state index contributed by atoms with van der Waals surface area (Å²) in [4.78, 5) is 15.2. The molecule has 0 spiro atoms. The van der Waals surface area contributed by atoms with E-state index in [4.69, 9.17) is 14.7 Å². The quantitative estimate of drug-likeness (QED) is 0.709. The van der Waals surface area contributed by atoms with E-state index in [-0.39, 0.29) is 12.4 Å². The zero-order chi connectivity index (χ0) is 12.0. The molecule has 84 valence electrons. The van der Waals surface area contributed by atoms with E-state index < -0.39 is 0 Å². The van der Waals surface area contributed by atoms with Gasteiger partial charge in [-0.2, -0.15) is 5.26 Å². The maximum Gasteiger partial charge on any atom is 0.310 e. The van der Waals surface area contributed by atoms with Crippen molar-refractivity contribution in [3.63, 3.8) is 0 Å². The van der Waals surface area contributed by atoms with Crippen LogP contribution in [-0.4, -0.2) is 24.7 Å². The number of esters is 1. The Labute approximate surface area is 93.6 Å². The first-order valence-corrected chi connectivity index (χ1v) is 4.79. The third-order valence-electron chi connectivity index (χ3n) is 1.98. The minimum absolute atomic E-state index is 0.0163. The molecule has 0 saturated carbocycles. The molecule has 1 aromatic heterocycles. The number of nitriles is 1. The highest BCUT2D eigenvalue weighted by molar-refractivity contribution is 5.74. The van der Waals surface area contributed by atoms with Crippen molar-refractivity contribution in [2.24, 2.45) is 0 Å². The minimum Gasteiger partial charge on any atom is -0.495 e. The lowest BCUT2D eigenvalue weighted by Crippen LogP contribution is -2.10. The number of aromatic nitrogens is 1. The third-order valence-corrected chi connectivity index (χ3v) is 1.98. The van der Waals surface area contributed by atoms with Gasteiger partial charge in [-0.05, 0) is 6.92 Å². The van der Waals surface area contributed by atoms with Gasteiger partial charge in [0.15, 0.2) is 0 Å². The van der Waals surface area contributed by atoms with E-state index in [1.807, 2.05) is 6.07 Å². The second-order valence-corrected chi connectivity index (χ2v) is 2.96. The van der Waals surface area contributed by atoms with Crippen molar-refractivity contribution in [1.82, 2.24) is 4.98 Å². The predicted molar refractivity (Wildman–Crippen MR) is 55.8 cm³/mol. The van der Waals surface area contributed by atoms with Gasteiger partial charge in [-0.1, -0.05) is 0 Å². The average Bonchev–Trinajstić information content (AvgIpc) is 2.29. The molecule has 0 radical (unpaired) electrons. The summed E-state index contributed by atoms with van der Waals surface area (Å²) in [6.45, 7) is 2.04. The number of rotatable bonds is 4. The van der Waals surface area contributed by atoms with Gasteiger partial charge in [-0.3, -0.25) is 9.78 Å². The first-order chi connectivity index (χ1) is 7.72. The second kappa shape index (κ2) is 5.71. The van der Waals surface area contributed by atoms with Gasteiger partial charge >= 0.3 is 5.97 Å². The van der Waals surface area contributed by atoms with Gasteiger partial charge in [0.2, 0.25) is 0 Å². The van der Waals surface area contributed by atoms with Crippen molar-refractivity contribution >= 4 is 5.97 Å². The van der Waals surface area contributed by atoms with Gasteiger partial charge in [0, 0.05) is 11.8 Å². The normalized spacial score (nSPS) is 9.31. The number of hydrogen-bond donors (Lipinski definition) is 0. The van der Waals surface area contributed by atoms with Crippen LogP contribution in [0.4, 0.5) is 0 Å². The Morgan fingerprint density at radius 3 is 2.88 bits per heavy atom. The lowest BCUT2D eigenvalue weighted by Gasteiger charge is -2.08. The maximum atomic E-state index is 11.3. The molecule has 5 heteroatoms. The SMILES string of the molecule is CCOC(=O)Cc1c(C#N)cncc1OC. The molecule has 5 nitrogen and oxygen atoms in total. The summed E-state index contributed by atoms with van der Waals surface area (Å²) in [5.74, 6) is 0.0376. The molecule has 1 aromatic rings. The summed E-state index contributed by atoms with van der Waals surface area (Å²) in [6, 6.07) is 1.97. The van der Waals surface area contributed by atoms with Crippen LogP contribution in [0.15, 0.2) is 12.4 Å². The molecule has 1 heterocycles. The highest BCUT2D eigenvalue weighted by atomic mass is 16.5. The highest BCUT2D eigenvalue weighted by Gasteiger charge is 2.14. The number of hydrogen-bond acceptors (Lipinski definition) is 5. The Hall–Kier alpha value is -2.09. The number of carbonyl (C=O) groups is 1. The Morgan fingerprint density at radius 2 is 2.31 bits per heavy atom. The average molecular weight is 220 g/mol. The van der Waals surface area contributed by atoms with Crippen LogP contribution in [-0.2, 0) is 16.0 Å². The van der Waals surface area contributed by atoms with Crippen molar-refractivity contribution in [3.8, 4) is 11.8 Å². The number of carbonyl (C=O) groups excluding carboxylic acids is 1. The van der Waals surface area contributed by atoms with Crippen molar-refractivity contribution in [3.05, 3.63) is 23.5 Å². The lowest BCUT2D eigenvalue weighted by molar-refractivity contribution is -0.142. The van der Waals surface area contributed by atoms with Crippen LogP contribution in [0.2, 0.25) is 0 Å². The summed E-state index contributed by atoms with van der Waals surface area (Å²) in [5, 5.41) is 8.88. The van der Waals surface area contributed by atoms with E-state index in [0.29, 0.717) is 23.5 Å². The summed E-state index contributed by atoms with van der Waals surface area (Å²) >= 11 is 0. The third kappa shape index (κ3) is 2.70. The summed E-state index contributed by atoms with van der Waals surface area (Å²) in [6.07, 6.45) is 2.88. The molecule has 0 amide bonds. The summed E-state index contributed by atoms with van der Waals surface area (Å²) < 4.78 is 9.87. The molecule has 0 saturated heterocycles. The van der Waals surface area contributed by atoms with Crippen LogP contribution >= 0.6 is 0 Å². The monoisotopic (exact) mass is 220 g/mol. The molecule has 1 rings (SSSR count). The summed E-state index contributed by atoms with van der Waals surface area (Å²) in [7, 11) is 1.47. The molecule has 0 aromatic carbocycles. The Balaban J connectivity index is 3.01. The molecule has 0 N–H and O–H groups in total. The smallest absolute Gasteiger partial charge is 0.310 e. The van der Waals surface area contributed by atoms with Crippen LogP contribution in [0.25, 0.3) is 0 Å². The Bertz CT molecular complexity index is 424. The number of ether oxygens (including phenoxy) is 2. The first kappa shape index (κ1) is 12.0. The van der Waals surface area contributed by atoms with Crippen LogP contribution in [0.3, 0.4) is 0 Å². The van der Waals surface area contributed by atoms with E-state index in [2.05, 4.69) is 4.98 Å². The first-order valence-electron chi connectivity index (χ1n) is 4.79. The van der Waals surface area contributed by atoms with Gasteiger partial charge in [0.05, 0.1) is 31.9 Å². The van der Waals surface area contributed by atoms with Gasteiger partial charge in [0.1, 0.15) is 11.8 Å². The maximum absolute atomic E-state index is 11.3. The molecule has 0 aliphatic rings. The van der Waals surface area contributed by atoms with Crippen LogP contribution in [0.1, 0.15) is 18.1 Å². The standard InChI is InChI=1S/C11H12N2O3/c1-3-16-11(14)4-9-8(5-12)6-13-7-10(9)15-2/h6-7H,3-4H2,1-2H3. The van der Waals surface area contributed by atoms with Crippen molar-refractivity contribution in [2.75, 3.05) is 13.7 Å². The number of nitrogens with zero attached hydrogens (tertiary/aromatic N) is 2. The van der Waals surface area contributed by atoms with Crippen LogP contribution in [0, 0.1) is 11.3 Å². The van der Waals surface area contributed by atoms with Crippen molar-refractivity contribution < 1.29 is 14.3 Å². The van der Waals surface area contributed by atoms with Crippen LogP contribution < -0.4 is 4.74 Å². The van der Waals surface area contributed by atoms with Crippen LogP contribution in [0.5, 0.6) is 5.75 Å². The zero-order valence-corrected chi connectivity index (χ0v) is 9.19. The fraction of sp³-hybridized carbons (Fsp3) is 0.364.